The van der Waals surface area contributed by atoms with Gasteiger partial charge < -0.3 is 5.32 Å². The van der Waals surface area contributed by atoms with Gasteiger partial charge in [0.1, 0.15) is 0 Å². The molecular weight excluding hydrogens is 315 g/mol. The van der Waals surface area contributed by atoms with Crippen LogP contribution in [0.5, 0.6) is 0 Å². The summed E-state index contributed by atoms with van der Waals surface area (Å²) in [5.41, 5.74) is 0.594. The smallest absolute Gasteiger partial charge is 0.324 e. The van der Waals surface area contributed by atoms with Crippen LogP contribution in [0.25, 0.3) is 0 Å². The maximum atomic E-state index is 11.7. The molecule has 74 valence electrons. The number of nitrogens with zero attached hydrogens (tertiary/aromatic N) is 1. The zero-order chi connectivity index (χ0) is 10.1. The first-order valence-corrected chi connectivity index (χ1v) is 5.98. The van der Waals surface area contributed by atoms with Gasteiger partial charge in [0, 0.05) is 18.5 Å². The van der Waals surface area contributed by atoms with Crippen molar-refractivity contribution in [2.24, 2.45) is 0 Å². The van der Waals surface area contributed by atoms with E-state index < -0.39 is 0 Å². The third-order valence-electron chi connectivity index (χ3n) is 1.92. The number of carbonyl (C=O) groups is 2. The summed E-state index contributed by atoms with van der Waals surface area (Å²) in [7, 11) is 0. The van der Waals surface area contributed by atoms with E-state index in [1.807, 2.05) is 0 Å². The van der Waals surface area contributed by atoms with Gasteiger partial charge in [-0.15, -0.1) is 11.3 Å². The van der Waals surface area contributed by atoms with Crippen molar-refractivity contribution in [3.63, 3.8) is 0 Å². The van der Waals surface area contributed by atoms with Gasteiger partial charge in [-0.25, -0.2) is 4.79 Å². The number of thiophene rings is 1. The molecule has 6 heteroatoms. The number of carbonyl (C=O) groups excluding carboxylic acids is 2. The summed E-state index contributed by atoms with van der Waals surface area (Å²) in [6, 6.07) is 1.50. The quantitative estimate of drug-likeness (QED) is 0.797. The molecule has 1 fully saturated rings. The number of halogens is 1. The predicted octanol–water partition coefficient (Wildman–Crippen LogP) is 1.52. The van der Waals surface area contributed by atoms with E-state index in [1.54, 1.807) is 11.4 Å². The van der Waals surface area contributed by atoms with Crippen LogP contribution in [0.15, 0.2) is 11.4 Å². The van der Waals surface area contributed by atoms with Crippen molar-refractivity contribution in [3.8, 4) is 0 Å². The number of hydrogen-bond donors (Lipinski definition) is 1. The van der Waals surface area contributed by atoms with Crippen molar-refractivity contribution in [3.05, 3.63) is 19.9 Å². The molecule has 0 aliphatic carbocycles. The minimum atomic E-state index is -0.295. The molecule has 1 N–H and O–H groups in total. The monoisotopic (exact) mass is 322 g/mol. The molecule has 1 aliphatic rings. The van der Waals surface area contributed by atoms with E-state index in [0.29, 0.717) is 18.7 Å². The third-order valence-corrected chi connectivity index (χ3v) is 3.71. The summed E-state index contributed by atoms with van der Waals surface area (Å²) >= 11 is 3.65. The normalized spacial score (nSPS) is 15.8. The Hall–Kier alpha value is -0.630. The summed E-state index contributed by atoms with van der Waals surface area (Å²) in [4.78, 5) is 24.2. The zero-order valence-corrected chi connectivity index (χ0v) is 10.1. The van der Waals surface area contributed by atoms with Crippen LogP contribution in [-0.2, 0) is 0 Å². The van der Waals surface area contributed by atoms with Crippen LogP contribution in [0.2, 0.25) is 0 Å². The van der Waals surface area contributed by atoms with Crippen LogP contribution < -0.4 is 5.32 Å². The molecule has 4 nitrogen and oxygen atoms in total. The van der Waals surface area contributed by atoms with Crippen molar-refractivity contribution in [2.75, 3.05) is 13.1 Å². The molecule has 2 rings (SSSR count). The van der Waals surface area contributed by atoms with Gasteiger partial charge in [-0.2, -0.15) is 0 Å². The number of hydrogen-bond acceptors (Lipinski definition) is 3. The summed E-state index contributed by atoms with van der Waals surface area (Å²) in [5, 5.41) is 4.37. The van der Waals surface area contributed by atoms with E-state index in [-0.39, 0.29) is 11.9 Å². The van der Waals surface area contributed by atoms with E-state index in [0.717, 1.165) is 2.88 Å². The maximum absolute atomic E-state index is 11.7. The summed E-state index contributed by atoms with van der Waals surface area (Å²) in [6.07, 6.45) is 0. The summed E-state index contributed by atoms with van der Waals surface area (Å²) in [5.74, 6) is -0.209. The van der Waals surface area contributed by atoms with Gasteiger partial charge in [0.15, 0.2) is 0 Å². The number of amides is 3. The van der Waals surface area contributed by atoms with Crippen LogP contribution in [-0.4, -0.2) is 29.9 Å². The Kier molecular flexibility index (Phi) is 2.73. The first-order chi connectivity index (χ1) is 6.68. The molecule has 1 aromatic heterocycles. The van der Waals surface area contributed by atoms with E-state index in [1.165, 1.54) is 16.2 Å². The van der Waals surface area contributed by atoms with Gasteiger partial charge in [-0.3, -0.25) is 9.69 Å². The second kappa shape index (κ2) is 3.85. The fourth-order valence-corrected chi connectivity index (χ4v) is 2.56. The molecule has 1 aliphatic heterocycles. The number of nitrogens with one attached hydrogen (secondary N) is 1. The van der Waals surface area contributed by atoms with Gasteiger partial charge in [0.05, 0.1) is 8.45 Å². The number of urea groups is 1. The van der Waals surface area contributed by atoms with E-state index in [2.05, 4.69) is 27.9 Å². The second-order valence-corrected chi connectivity index (χ2v) is 5.63. The van der Waals surface area contributed by atoms with Gasteiger partial charge in [0.25, 0.3) is 5.91 Å². The molecule has 0 unspecified atom stereocenters. The van der Waals surface area contributed by atoms with Gasteiger partial charge >= 0.3 is 6.03 Å². The first-order valence-electron chi connectivity index (χ1n) is 4.02. The molecule has 14 heavy (non-hydrogen) atoms. The van der Waals surface area contributed by atoms with Crippen LogP contribution in [0.3, 0.4) is 0 Å². The number of imide groups is 1. The Morgan fingerprint density at radius 3 is 2.93 bits per heavy atom. The largest absolute Gasteiger partial charge is 0.336 e. The average molecular weight is 322 g/mol. The Morgan fingerprint density at radius 2 is 2.43 bits per heavy atom. The molecule has 2 heterocycles. The van der Waals surface area contributed by atoms with Gasteiger partial charge in [-0.05, 0) is 28.7 Å². The molecule has 0 atom stereocenters. The van der Waals surface area contributed by atoms with Crippen molar-refractivity contribution in [1.82, 2.24) is 10.2 Å². The highest BCUT2D eigenvalue weighted by atomic mass is 127. The van der Waals surface area contributed by atoms with Crippen LogP contribution in [0.4, 0.5) is 4.79 Å². The van der Waals surface area contributed by atoms with E-state index >= 15 is 0 Å². The van der Waals surface area contributed by atoms with Crippen LogP contribution >= 0.6 is 33.9 Å². The summed E-state index contributed by atoms with van der Waals surface area (Å²) in [6.45, 7) is 1.01. The highest BCUT2D eigenvalue weighted by Crippen LogP contribution is 2.18. The molecule has 1 saturated heterocycles. The van der Waals surface area contributed by atoms with Crippen molar-refractivity contribution in [1.29, 1.82) is 0 Å². The molecule has 3 amide bonds. The Bertz CT molecular complexity index is 390. The summed E-state index contributed by atoms with van der Waals surface area (Å²) < 4.78 is 1.05. The third kappa shape index (κ3) is 1.76. The minimum absolute atomic E-state index is 0.209. The fraction of sp³-hybridized carbons (Fsp3) is 0.250. The Balaban J connectivity index is 2.19. The van der Waals surface area contributed by atoms with Crippen molar-refractivity contribution < 1.29 is 9.59 Å². The first kappa shape index (κ1) is 9.91. The van der Waals surface area contributed by atoms with Crippen LogP contribution in [0.1, 0.15) is 10.4 Å². The molecule has 1 aromatic rings. The lowest BCUT2D eigenvalue weighted by atomic mass is 10.3. The lowest BCUT2D eigenvalue weighted by molar-refractivity contribution is 0.0830. The van der Waals surface area contributed by atoms with E-state index in [4.69, 9.17) is 0 Å². The van der Waals surface area contributed by atoms with Crippen molar-refractivity contribution in [2.45, 2.75) is 0 Å². The lowest BCUT2D eigenvalue weighted by Crippen LogP contribution is -2.33. The maximum Gasteiger partial charge on any atom is 0.324 e. The standard InChI is InChI=1S/C8H7IN2O2S/c9-6-3-5(4-14-6)7(12)11-2-1-10-8(11)13/h3-4H,1-2H2,(H,10,13). The highest BCUT2D eigenvalue weighted by molar-refractivity contribution is 14.1. The second-order valence-electron chi connectivity index (χ2n) is 2.83. The molecule has 0 saturated carbocycles. The topological polar surface area (TPSA) is 49.4 Å². The molecule has 0 radical (unpaired) electrons. The fourth-order valence-electron chi connectivity index (χ4n) is 1.24. The lowest BCUT2D eigenvalue weighted by Gasteiger charge is -2.09. The highest BCUT2D eigenvalue weighted by Gasteiger charge is 2.27. The SMILES string of the molecule is O=C1NCCN1C(=O)c1csc(I)c1. The Morgan fingerprint density at radius 1 is 1.64 bits per heavy atom. The predicted molar refractivity (Wildman–Crippen MR) is 61.5 cm³/mol. The van der Waals surface area contributed by atoms with Gasteiger partial charge in [-0.1, -0.05) is 0 Å². The minimum Gasteiger partial charge on any atom is -0.336 e. The molecule has 0 bridgehead atoms. The zero-order valence-electron chi connectivity index (χ0n) is 7.12. The van der Waals surface area contributed by atoms with Crippen LogP contribution in [0, 0.1) is 2.88 Å². The van der Waals surface area contributed by atoms with E-state index in [9.17, 15) is 9.59 Å². The average Bonchev–Trinajstić information content (AvgIpc) is 2.73. The van der Waals surface area contributed by atoms with Gasteiger partial charge in [0.2, 0.25) is 0 Å². The molecular formula is C8H7IN2O2S. The Labute approximate surface area is 98.4 Å². The number of rotatable bonds is 1. The van der Waals surface area contributed by atoms with Crippen molar-refractivity contribution >= 4 is 45.9 Å². The molecule has 0 spiro atoms. The molecule has 0 aromatic carbocycles.